The summed E-state index contributed by atoms with van der Waals surface area (Å²) in [5.41, 5.74) is 2.74. The van der Waals surface area contributed by atoms with Gasteiger partial charge in [-0.1, -0.05) is 37.5 Å². The number of hydrogen-bond donors (Lipinski definition) is 0. The van der Waals surface area contributed by atoms with Crippen LogP contribution in [0, 0.1) is 0 Å². The SMILES string of the molecule is C=C(C)CCCCCC(=C)CCC. The zero-order valence-corrected chi connectivity index (χ0v) is 9.36. The topological polar surface area (TPSA) is 0 Å². The molecule has 0 amide bonds. The molecule has 0 atom stereocenters. The number of rotatable bonds is 8. The fraction of sp³-hybridized carbons (Fsp3) is 0.692. The zero-order valence-electron chi connectivity index (χ0n) is 9.36. The lowest BCUT2D eigenvalue weighted by atomic mass is 10.0. The fourth-order valence-corrected chi connectivity index (χ4v) is 1.46. The van der Waals surface area contributed by atoms with Gasteiger partial charge in [-0.15, -0.1) is 6.58 Å². The maximum atomic E-state index is 4.06. The molecule has 0 aliphatic carbocycles. The Kier molecular flexibility index (Phi) is 7.77. The molecule has 0 aromatic heterocycles. The van der Waals surface area contributed by atoms with E-state index in [0.29, 0.717) is 0 Å². The van der Waals surface area contributed by atoms with Gasteiger partial charge in [0.25, 0.3) is 0 Å². The second-order valence-electron chi connectivity index (χ2n) is 4.02. The molecule has 0 fully saturated rings. The van der Waals surface area contributed by atoms with Crippen LogP contribution in [0.4, 0.5) is 0 Å². The van der Waals surface area contributed by atoms with Crippen molar-refractivity contribution in [3.8, 4) is 0 Å². The van der Waals surface area contributed by atoms with E-state index in [4.69, 9.17) is 0 Å². The summed E-state index contributed by atoms with van der Waals surface area (Å²) in [6, 6.07) is 0. The van der Waals surface area contributed by atoms with Gasteiger partial charge in [-0.05, 0) is 39.0 Å². The van der Waals surface area contributed by atoms with E-state index in [-0.39, 0.29) is 0 Å². The van der Waals surface area contributed by atoms with Crippen molar-refractivity contribution in [2.75, 3.05) is 0 Å². The van der Waals surface area contributed by atoms with E-state index < -0.39 is 0 Å². The van der Waals surface area contributed by atoms with Crippen LogP contribution in [0.5, 0.6) is 0 Å². The van der Waals surface area contributed by atoms with Gasteiger partial charge in [0.1, 0.15) is 0 Å². The molecule has 0 rings (SSSR count). The molecule has 0 heterocycles. The van der Waals surface area contributed by atoms with Gasteiger partial charge in [0.15, 0.2) is 0 Å². The third-order valence-corrected chi connectivity index (χ3v) is 2.24. The third kappa shape index (κ3) is 9.39. The Hall–Kier alpha value is -0.520. The molecule has 0 heteroatoms. The van der Waals surface area contributed by atoms with Gasteiger partial charge in [0, 0.05) is 0 Å². The lowest BCUT2D eigenvalue weighted by Crippen LogP contribution is -1.83. The highest BCUT2D eigenvalue weighted by molar-refractivity contribution is 4.93. The second kappa shape index (κ2) is 8.10. The lowest BCUT2D eigenvalue weighted by molar-refractivity contribution is 0.661. The first kappa shape index (κ1) is 12.5. The largest absolute Gasteiger partial charge is 0.100 e. The molecule has 0 radical (unpaired) electrons. The van der Waals surface area contributed by atoms with Crippen molar-refractivity contribution < 1.29 is 0 Å². The van der Waals surface area contributed by atoms with Crippen LogP contribution in [0.25, 0.3) is 0 Å². The van der Waals surface area contributed by atoms with E-state index >= 15 is 0 Å². The minimum absolute atomic E-state index is 1.19. The molecule has 0 aromatic carbocycles. The van der Waals surface area contributed by atoms with Gasteiger partial charge in [0.2, 0.25) is 0 Å². The van der Waals surface area contributed by atoms with E-state index in [0.717, 1.165) is 0 Å². The molecular weight excluding hydrogens is 156 g/mol. The minimum Gasteiger partial charge on any atom is -0.100 e. The van der Waals surface area contributed by atoms with Crippen molar-refractivity contribution in [2.24, 2.45) is 0 Å². The quantitative estimate of drug-likeness (QED) is 0.369. The Morgan fingerprint density at radius 1 is 0.923 bits per heavy atom. The average molecular weight is 180 g/mol. The van der Waals surface area contributed by atoms with Crippen LogP contribution >= 0.6 is 0 Å². The molecule has 0 N–H and O–H groups in total. The smallest absolute Gasteiger partial charge is 0.0323 e. The highest BCUT2D eigenvalue weighted by Gasteiger charge is 1.94. The van der Waals surface area contributed by atoms with Gasteiger partial charge in [-0.3, -0.25) is 0 Å². The summed E-state index contributed by atoms with van der Waals surface area (Å²) in [5, 5.41) is 0. The Bertz CT molecular complexity index is 153. The zero-order chi connectivity index (χ0) is 10.1. The Labute approximate surface area is 83.7 Å². The van der Waals surface area contributed by atoms with Gasteiger partial charge >= 0.3 is 0 Å². The van der Waals surface area contributed by atoms with Gasteiger partial charge in [-0.2, -0.15) is 0 Å². The van der Waals surface area contributed by atoms with E-state index in [1.807, 2.05) is 0 Å². The van der Waals surface area contributed by atoms with Crippen molar-refractivity contribution in [2.45, 2.75) is 58.8 Å². The molecule has 76 valence electrons. The summed E-state index contributed by atoms with van der Waals surface area (Å²) in [5.74, 6) is 0. The van der Waals surface area contributed by atoms with Crippen LogP contribution in [0.1, 0.15) is 58.8 Å². The summed E-state index contributed by atoms with van der Waals surface area (Å²) in [6.45, 7) is 12.3. The van der Waals surface area contributed by atoms with Crippen LogP contribution in [-0.2, 0) is 0 Å². The van der Waals surface area contributed by atoms with E-state index in [1.165, 1.54) is 56.1 Å². The minimum atomic E-state index is 1.19. The normalized spacial score (nSPS) is 10.0. The van der Waals surface area contributed by atoms with Crippen molar-refractivity contribution >= 4 is 0 Å². The second-order valence-corrected chi connectivity index (χ2v) is 4.02. The predicted molar refractivity (Wildman–Crippen MR) is 61.9 cm³/mol. The van der Waals surface area contributed by atoms with Crippen molar-refractivity contribution in [1.82, 2.24) is 0 Å². The Morgan fingerprint density at radius 3 is 2.08 bits per heavy atom. The first-order chi connectivity index (χ1) is 6.16. The summed E-state index contributed by atoms with van der Waals surface area (Å²) >= 11 is 0. The molecule has 0 aliphatic heterocycles. The molecule has 0 aromatic rings. The van der Waals surface area contributed by atoms with Crippen molar-refractivity contribution in [3.63, 3.8) is 0 Å². The monoisotopic (exact) mass is 180 g/mol. The Balaban J connectivity index is 3.16. The van der Waals surface area contributed by atoms with Crippen LogP contribution in [0.2, 0.25) is 0 Å². The number of hydrogen-bond acceptors (Lipinski definition) is 0. The maximum Gasteiger partial charge on any atom is -0.0323 e. The summed E-state index contributed by atoms with van der Waals surface area (Å²) in [6.07, 6.45) is 8.81. The molecule has 0 aliphatic rings. The van der Waals surface area contributed by atoms with Crippen molar-refractivity contribution in [1.29, 1.82) is 0 Å². The first-order valence-corrected chi connectivity index (χ1v) is 5.47. The molecule has 0 saturated heterocycles. The molecule has 13 heavy (non-hydrogen) atoms. The van der Waals surface area contributed by atoms with Crippen LogP contribution < -0.4 is 0 Å². The van der Waals surface area contributed by atoms with E-state index in [9.17, 15) is 0 Å². The summed E-state index contributed by atoms with van der Waals surface area (Å²) in [7, 11) is 0. The summed E-state index contributed by atoms with van der Waals surface area (Å²) in [4.78, 5) is 0. The lowest BCUT2D eigenvalue weighted by Gasteiger charge is -2.03. The molecule has 0 bridgehead atoms. The highest BCUT2D eigenvalue weighted by Crippen LogP contribution is 2.14. The number of allylic oxidation sites excluding steroid dienone is 2. The van der Waals surface area contributed by atoms with Crippen LogP contribution in [-0.4, -0.2) is 0 Å². The standard InChI is InChI=1S/C13H24/c1-5-9-13(4)11-8-6-7-10-12(2)3/h2,4-11H2,1,3H3. The average Bonchev–Trinajstić information content (AvgIpc) is 2.03. The fourth-order valence-electron chi connectivity index (χ4n) is 1.46. The highest BCUT2D eigenvalue weighted by atomic mass is 14.0. The van der Waals surface area contributed by atoms with Crippen LogP contribution in [0.15, 0.2) is 24.3 Å². The third-order valence-electron chi connectivity index (χ3n) is 2.24. The van der Waals surface area contributed by atoms with Gasteiger partial charge < -0.3 is 0 Å². The maximum absolute atomic E-state index is 4.06. The molecule has 0 nitrogen and oxygen atoms in total. The van der Waals surface area contributed by atoms with Crippen LogP contribution in [0.3, 0.4) is 0 Å². The molecule has 0 unspecified atom stereocenters. The first-order valence-electron chi connectivity index (χ1n) is 5.47. The van der Waals surface area contributed by atoms with Crippen molar-refractivity contribution in [3.05, 3.63) is 24.3 Å². The summed E-state index contributed by atoms with van der Waals surface area (Å²) < 4.78 is 0. The number of unbranched alkanes of at least 4 members (excludes halogenated alkanes) is 2. The van der Waals surface area contributed by atoms with Gasteiger partial charge in [-0.25, -0.2) is 0 Å². The van der Waals surface area contributed by atoms with E-state index in [1.54, 1.807) is 0 Å². The Morgan fingerprint density at radius 2 is 1.54 bits per heavy atom. The molecule has 0 saturated carbocycles. The predicted octanol–water partition coefficient (Wildman–Crippen LogP) is 4.87. The van der Waals surface area contributed by atoms with E-state index in [2.05, 4.69) is 27.0 Å². The molecule has 0 spiro atoms. The molecular formula is C13H24. The van der Waals surface area contributed by atoms with Gasteiger partial charge in [0.05, 0.1) is 0 Å².